The molecule has 0 saturated carbocycles. The summed E-state index contributed by atoms with van der Waals surface area (Å²) in [6.45, 7) is 3.55. The Morgan fingerprint density at radius 3 is 2.66 bits per heavy atom. The van der Waals surface area contributed by atoms with Crippen molar-refractivity contribution in [3.63, 3.8) is 0 Å². The van der Waals surface area contributed by atoms with Crippen LogP contribution in [0.1, 0.15) is 25.5 Å². The minimum Gasteiger partial charge on any atom is -0.496 e. The van der Waals surface area contributed by atoms with E-state index in [-0.39, 0.29) is 17.2 Å². The van der Waals surface area contributed by atoms with Crippen molar-refractivity contribution < 1.29 is 9.53 Å². The maximum atomic E-state index is 13.1. The van der Waals surface area contributed by atoms with Gasteiger partial charge < -0.3 is 10.1 Å². The average molecular weight is 412 g/mol. The first kappa shape index (κ1) is 20.6. The number of hydrogen-bond donors (Lipinski definition) is 1. The SMILES string of the molecule is CCCC(=O)Nc1c(-c2ccccc2OC)c(=O)c(C)nn1-c1cccc(Cl)c1. The Balaban J connectivity index is 2.36. The lowest BCUT2D eigenvalue weighted by molar-refractivity contribution is -0.116. The molecule has 0 bridgehead atoms. The number of anilines is 1. The topological polar surface area (TPSA) is 73.2 Å². The first-order valence-electron chi connectivity index (χ1n) is 9.29. The average Bonchev–Trinajstić information content (AvgIpc) is 2.71. The van der Waals surface area contributed by atoms with Gasteiger partial charge in [-0.25, -0.2) is 4.68 Å². The number of methoxy groups -OCH3 is 1. The van der Waals surface area contributed by atoms with E-state index in [0.29, 0.717) is 46.1 Å². The Morgan fingerprint density at radius 2 is 1.97 bits per heavy atom. The summed E-state index contributed by atoms with van der Waals surface area (Å²) in [4.78, 5) is 25.6. The van der Waals surface area contributed by atoms with Crippen molar-refractivity contribution in [2.24, 2.45) is 0 Å². The molecular formula is C22H22ClN3O3. The normalized spacial score (nSPS) is 10.6. The summed E-state index contributed by atoms with van der Waals surface area (Å²) in [7, 11) is 1.54. The van der Waals surface area contributed by atoms with E-state index in [1.807, 2.05) is 25.1 Å². The smallest absolute Gasteiger partial charge is 0.225 e. The minimum atomic E-state index is -0.278. The molecule has 2 aromatic carbocycles. The van der Waals surface area contributed by atoms with E-state index in [4.69, 9.17) is 16.3 Å². The number of amides is 1. The number of nitrogens with one attached hydrogen (secondary N) is 1. The highest BCUT2D eigenvalue weighted by Gasteiger charge is 2.22. The summed E-state index contributed by atoms with van der Waals surface area (Å²) in [6, 6.07) is 14.3. The zero-order valence-electron chi connectivity index (χ0n) is 16.5. The van der Waals surface area contributed by atoms with E-state index < -0.39 is 0 Å². The summed E-state index contributed by atoms with van der Waals surface area (Å²) in [5.41, 5.74) is 1.54. The van der Waals surface area contributed by atoms with E-state index in [2.05, 4.69) is 10.4 Å². The van der Waals surface area contributed by atoms with Crippen LogP contribution in [-0.2, 0) is 4.79 Å². The Labute approximate surface area is 174 Å². The van der Waals surface area contributed by atoms with Crippen LogP contribution in [0.3, 0.4) is 0 Å². The number of halogens is 1. The van der Waals surface area contributed by atoms with Gasteiger partial charge in [-0.1, -0.05) is 42.8 Å². The van der Waals surface area contributed by atoms with E-state index in [9.17, 15) is 9.59 Å². The van der Waals surface area contributed by atoms with Gasteiger partial charge in [-0.2, -0.15) is 5.10 Å². The van der Waals surface area contributed by atoms with Crippen molar-refractivity contribution in [1.82, 2.24) is 9.78 Å². The highest BCUT2D eigenvalue weighted by atomic mass is 35.5. The largest absolute Gasteiger partial charge is 0.496 e. The number of hydrogen-bond acceptors (Lipinski definition) is 4. The predicted octanol–water partition coefficient (Wildman–Crippen LogP) is 4.61. The molecule has 6 nitrogen and oxygen atoms in total. The van der Waals surface area contributed by atoms with Gasteiger partial charge in [0.1, 0.15) is 17.3 Å². The molecule has 0 aliphatic heterocycles. The summed E-state index contributed by atoms with van der Waals surface area (Å²) in [5.74, 6) is 0.606. The first-order chi connectivity index (χ1) is 14.0. The third-order valence-electron chi connectivity index (χ3n) is 4.42. The molecule has 1 heterocycles. The number of carbonyl (C=O) groups excluding carboxylic acids is 1. The summed E-state index contributed by atoms with van der Waals surface area (Å²) < 4.78 is 7.00. The Bertz CT molecular complexity index is 1110. The van der Waals surface area contributed by atoms with Gasteiger partial charge in [0.15, 0.2) is 0 Å². The van der Waals surface area contributed by atoms with Crippen molar-refractivity contribution in [2.45, 2.75) is 26.7 Å². The molecule has 0 fully saturated rings. The molecular weight excluding hydrogens is 390 g/mol. The molecule has 0 aliphatic rings. The minimum absolute atomic E-state index is 0.204. The molecule has 1 aromatic heterocycles. The maximum absolute atomic E-state index is 13.1. The standard InChI is InChI=1S/C22H22ClN3O3/c1-4-8-19(27)24-22-20(17-11-5-6-12-18(17)29-3)21(28)14(2)25-26(22)16-10-7-9-15(23)13-16/h5-7,9-13H,4,8H2,1-3H3,(H,24,27). The molecule has 150 valence electrons. The second kappa shape index (κ2) is 8.92. The maximum Gasteiger partial charge on any atom is 0.225 e. The van der Waals surface area contributed by atoms with Crippen molar-refractivity contribution in [3.8, 4) is 22.6 Å². The van der Waals surface area contributed by atoms with Gasteiger partial charge in [0.25, 0.3) is 0 Å². The molecule has 1 amide bonds. The molecule has 29 heavy (non-hydrogen) atoms. The van der Waals surface area contributed by atoms with E-state index in [0.717, 1.165) is 0 Å². The molecule has 0 radical (unpaired) electrons. The highest BCUT2D eigenvalue weighted by molar-refractivity contribution is 6.30. The van der Waals surface area contributed by atoms with Crippen molar-refractivity contribution >= 4 is 23.3 Å². The predicted molar refractivity (Wildman–Crippen MR) is 115 cm³/mol. The third kappa shape index (κ3) is 4.32. The number of nitrogens with zero attached hydrogens (tertiary/aromatic N) is 2. The van der Waals surface area contributed by atoms with Crippen LogP contribution in [0.4, 0.5) is 5.82 Å². The molecule has 1 N–H and O–H groups in total. The fourth-order valence-corrected chi connectivity index (χ4v) is 3.26. The number of rotatable bonds is 6. The van der Waals surface area contributed by atoms with Crippen LogP contribution in [0, 0.1) is 6.92 Å². The van der Waals surface area contributed by atoms with Crippen LogP contribution in [0.5, 0.6) is 5.75 Å². The van der Waals surface area contributed by atoms with Gasteiger partial charge in [-0.05, 0) is 37.6 Å². The summed E-state index contributed by atoms with van der Waals surface area (Å²) >= 11 is 6.17. The van der Waals surface area contributed by atoms with Gasteiger partial charge in [-0.3, -0.25) is 9.59 Å². The third-order valence-corrected chi connectivity index (χ3v) is 4.65. The lowest BCUT2D eigenvalue weighted by Gasteiger charge is -2.19. The van der Waals surface area contributed by atoms with Crippen LogP contribution < -0.4 is 15.5 Å². The molecule has 3 rings (SSSR count). The lowest BCUT2D eigenvalue weighted by atomic mass is 10.0. The molecule has 0 saturated heterocycles. The second-order valence-electron chi connectivity index (χ2n) is 6.53. The zero-order valence-corrected chi connectivity index (χ0v) is 17.3. The lowest BCUT2D eigenvalue weighted by Crippen LogP contribution is -2.24. The second-order valence-corrected chi connectivity index (χ2v) is 6.96. The number of aromatic nitrogens is 2. The highest BCUT2D eigenvalue weighted by Crippen LogP contribution is 2.34. The van der Waals surface area contributed by atoms with Gasteiger partial charge in [0, 0.05) is 17.0 Å². The fourth-order valence-electron chi connectivity index (χ4n) is 3.07. The van der Waals surface area contributed by atoms with Crippen LogP contribution in [0.25, 0.3) is 16.8 Å². The van der Waals surface area contributed by atoms with Crippen LogP contribution in [0.15, 0.2) is 53.3 Å². The Kier molecular flexibility index (Phi) is 6.34. The van der Waals surface area contributed by atoms with Gasteiger partial charge >= 0.3 is 0 Å². The first-order valence-corrected chi connectivity index (χ1v) is 9.67. The Hall–Kier alpha value is -3.12. The molecule has 0 spiro atoms. The van der Waals surface area contributed by atoms with Gasteiger partial charge in [0.05, 0.1) is 18.4 Å². The van der Waals surface area contributed by atoms with Crippen LogP contribution in [-0.4, -0.2) is 22.8 Å². The summed E-state index contributed by atoms with van der Waals surface area (Å²) in [5, 5.41) is 7.83. The van der Waals surface area contributed by atoms with Crippen molar-refractivity contribution in [2.75, 3.05) is 12.4 Å². The molecule has 0 aliphatic carbocycles. The number of benzene rings is 2. The van der Waals surface area contributed by atoms with Crippen LogP contribution in [0.2, 0.25) is 5.02 Å². The summed E-state index contributed by atoms with van der Waals surface area (Å²) in [6.07, 6.45) is 0.999. The monoisotopic (exact) mass is 411 g/mol. The number of para-hydroxylation sites is 1. The van der Waals surface area contributed by atoms with E-state index in [1.165, 1.54) is 11.8 Å². The number of carbonyl (C=O) groups is 1. The molecule has 0 unspecified atom stereocenters. The van der Waals surface area contributed by atoms with Crippen LogP contribution >= 0.6 is 11.6 Å². The van der Waals surface area contributed by atoms with Gasteiger partial charge in [-0.15, -0.1) is 0 Å². The van der Waals surface area contributed by atoms with Crippen molar-refractivity contribution in [1.29, 1.82) is 0 Å². The molecule has 7 heteroatoms. The number of ether oxygens (including phenoxy) is 1. The van der Waals surface area contributed by atoms with Crippen molar-refractivity contribution in [3.05, 3.63) is 69.5 Å². The van der Waals surface area contributed by atoms with Gasteiger partial charge in [0.2, 0.25) is 11.3 Å². The van der Waals surface area contributed by atoms with E-state index in [1.54, 1.807) is 37.3 Å². The number of aryl methyl sites for hydroxylation is 1. The molecule has 3 aromatic rings. The zero-order chi connectivity index (χ0) is 21.0. The quantitative estimate of drug-likeness (QED) is 0.642. The fraction of sp³-hybridized carbons (Fsp3) is 0.227. The van der Waals surface area contributed by atoms with E-state index >= 15 is 0 Å². The Morgan fingerprint density at radius 1 is 1.21 bits per heavy atom. The molecule has 0 atom stereocenters.